The number of hydrogen-bond donors (Lipinski definition) is 2. The molecule has 1 aromatic carbocycles. The molecule has 3 rings (SSSR count). The Labute approximate surface area is 165 Å². The molecule has 1 saturated heterocycles. The summed E-state index contributed by atoms with van der Waals surface area (Å²) in [6.07, 6.45) is 2.34. The molecule has 26 heavy (non-hydrogen) atoms. The maximum atomic E-state index is 6.19. The standard InChI is InChI=1S/C19H24ClN5S/c1-13-3-5-15(6-4-13)12-21-19(26)24-18-22-16(20)11-17(23-18)25-9-7-14(2)8-10-25/h3-6,11,14H,7-10,12H2,1-2H3,(H2,21,22,23,24,26). The van der Waals surface area contributed by atoms with Gasteiger partial charge in [-0.3, -0.25) is 0 Å². The first-order chi connectivity index (χ1) is 12.5. The van der Waals surface area contributed by atoms with E-state index in [4.69, 9.17) is 23.8 Å². The molecule has 0 aliphatic carbocycles. The van der Waals surface area contributed by atoms with Gasteiger partial charge in [-0.05, 0) is 43.5 Å². The summed E-state index contributed by atoms with van der Waals surface area (Å²) in [5.74, 6) is 2.04. The molecule has 5 nitrogen and oxygen atoms in total. The highest BCUT2D eigenvalue weighted by Crippen LogP contribution is 2.24. The van der Waals surface area contributed by atoms with Crippen LogP contribution in [0.15, 0.2) is 30.3 Å². The van der Waals surface area contributed by atoms with Crippen LogP contribution in [0.2, 0.25) is 5.15 Å². The number of aryl methyl sites for hydroxylation is 1. The smallest absolute Gasteiger partial charge is 0.232 e. The van der Waals surface area contributed by atoms with Crippen LogP contribution in [0.4, 0.5) is 11.8 Å². The molecule has 0 spiro atoms. The molecule has 0 radical (unpaired) electrons. The van der Waals surface area contributed by atoms with Gasteiger partial charge in [-0.15, -0.1) is 0 Å². The Bertz CT molecular complexity index is 757. The third-order valence-corrected chi connectivity index (χ3v) is 5.03. The van der Waals surface area contributed by atoms with Gasteiger partial charge in [0.15, 0.2) is 5.11 Å². The predicted molar refractivity (Wildman–Crippen MR) is 112 cm³/mol. The number of aromatic nitrogens is 2. The summed E-state index contributed by atoms with van der Waals surface area (Å²) >= 11 is 11.5. The van der Waals surface area contributed by atoms with Crippen molar-refractivity contribution in [3.05, 3.63) is 46.6 Å². The quantitative estimate of drug-likeness (QED) is 0.604. The van der Waals surface area contributed by atoms with Crippen LogP contribution in [0.1, 0.15) is 30.9 Å². The second-order valence-electron chi connectivity index (χ2n) is 6.84. The summed E-state index contributed by atoms with van der Waals surface area (Å²) in [4.78, 5) is 11.1. The molecule has 0 bridgehead atoms. The largest absolute Gasteiger partial charge is 0.358 e. The van der Waals surface area contributed by atoms with Crippen molar-refractivity contribution in [3.8, 4) is 0 Å². The van der Waals surface area contributed by atoms with Crippen molar-refractivity contribution in [1.82, 2.24) is 15.3 Å². The van der Waals surface area contributed by atoms with E-state index in [0.29, 0.717) is 22.8 Å². The minimum atomic E-state index is 0.414. The number of thiocarbonyl (C=S) groups is 1. The number of nitrogens with zero attached hydrogens (tertiary/aromatic N) is 3. The van der Waals surface area contributed by atoms with Crippen molar-refractivity contribution in [2.75, 3.05) is 23.3 Å². The average molecular weight is 390 g/mol. The minimum Gasteiger partial charge on any atom is -0.358 e. The zero-order valence-corrected chi connectivity index (χ0v) is 16.7. The number of benzene rings is 1. The van der Waals surface area contributed by atoms with Crippen molar-refractivity contribution < 1.29 is 0 Å². The molecule has 2 N–H and O–H groups in total. The van der Waals surface area contributed by atoms with E-state index in [0.717, 1.165) is 30.4 Å². The predicted octanol–water partition coefficient (Wildman–Crippen LogP) is 4.16. The number of hydrogen-bond acceptors (Lipinski definition) is 4. The second kappa shape index (κ2) is 8.64. The summed E-state index contributed by atoms with van der Waals surface area (Å²) in [6.45, 7) is 6.98. The summed E-state index contributed by atoms with van der Waals surface area (Å²) < 4.78 is 0. The number of nitrogens with one attached hydrogen (secondary N) is 2. The molecular weight excluding hydrogens is 366 g/mol. The third kappa shape index (κ3) is 5.29. The Balaban J connectivity index is 1.60. The van der Waals surface area contributed by atoms with Gasteiger partial charge < -0.3 is 15.5 Å². The molecule has 0 saturated carbocycles. The number of rotatable bonds is 4. The van der Waals surface area contributed by atoms with Crippen molar-refractivity contribution in [3.63, 3.8) is 0 Å². The average Bonchev–Trinajstić information content (AvgIpc) is 2.61. The Hall–Kier alpha value is -1.92. The van der Waals surface area contributed by atoms with E-state index in [1.807, 2.05) is 6.07 Å². The van der Waals surface area contributed by atoms with Gasteiger partial charge in [0, 0.05) is 25.7 Å². The van der Waals surface area contributed by atoms with E-state index in [1.54, 1.807) is 0 Å². The van der Waals surface area contributed by atoms with Gasteiger partial charge in [0.25, 0.3) is 0 Å². The molecule has 1 aliphatic rings. The minimum absolute atomic E-state index is 0.414. The monoisotopic (exact) mass is 389 g/mol. The maximum Gasteiger partial charge on any atom is 0.232 e. The van der Waals surface area contributed by atoms with Crippen molar-refractivity contribution >= 4 is 40.7 Å². The first-order valence-corrected chi connectivity index (χ1v) is 9.68. The van der Waals surface area contributed by atoms with Gasteiger partial charge in [0.05, 0.1) is 0 Å². The van der Waals surface area contributed by atoms with E-state index < -0.39 is 0 Å². The molecular formula is C19H24ClN5S. The lowest BCUT2D eigenvalue weighted by Crippen LogP contribution is -2.34. The summed E-state index contributed by atoms with van der Waals surface area (Å²) in [7, 11) is 0. The van der Waals surface area contributed by atoms with Crippen LogP contribution in [0.5, 0.6) is 0 Å². The molecule has 7 heteroatoms. The molecule has 1 aliphatic heterocycles. The van der Waals surface area contributed by atoms with Crippen LogP contribution in [0, 0.1) is 12.8 Å². The van der Waals surface area contributed by atoms with Crippen molar-refractivity contribution in [2.45, 2.75) is 33.2 Å². The number of anilines is 2. The van der Waals surface area contributed by atoms with E-state index in [-0.39, 0.29) is 0 Å². The molecule has 0 amide bonds. The normalized spacial score (nSPS) is 15.0. The topological polar surface area (TPSA) is 53.1 Å². The molecule has 2 aromatic rings. The summed E-state index contributed by atoms with van der Waals surface area (Å²) in [6, 6.07) is 10.1. The van der Waals surface area contributed by atoms with E-state index in [9.17, 15) is 0 Å². The number of piperidine rings is 1. The van der Waals surface area contributed by atoms with Crippen LogP contribution in [-0.4, -0.2) is 28.2 Å². The molecule has 1 fully saturated rings. The fraction of sp³-hybridized carbons (Fsp3) is 0.421. The SMILES string of the molecule is Cc1ccc(CNC(=S)Nc2nc(Cl)cc(N3CCC(C)CC3)n2)cc1. The second-order valence-corrected chi connectivity index (χ2v) is 7.63. The van der Waals surface area contributed by atoms with Gasteiger partial charge >= 0.3 is 0 Å². The highest BCUT2D eigenvalue weighted by Gasteiger charge is 2.18. The number of halogens is 1. The molecule has 138 valence electrons. The Morgan fingerprint density at radius 2 is 1.92 bits per heavy atom. The van der Waals surface area contributed by atoms with Crippen LogP contribution in [-0.2, 0) is 6.54 Å². The van der Waals surface area contributed by atoms with Crippen LogP contribution >= 0.6 is 23.8 Å². The maximum absolute atomic E-state index is 6.19. The molecule has 0 atom stereocenters. The van der Waals surface area contributed by atoms with Crippen LogP contribution in [0.25, 0.3) is 0 Å². The fourth-order valence-electron chi connectivity index (χ4n) is 2.90. The highest BCUT2D eigenvalue weighted by molar-refractivity contribution is 7.80. The zero-order valence-electron chi connectivity index (χ0n) is 15.1. The highest BCUT2D eigenvalue weighted by atomic mass is 35.5. The first kappa shape index (κ1) is 18.9. The Kier molecular flexibility index (Phi) is 6.27. The molecule has 2 heterocycles. The van der Waals surface area contributed by atoms with Gasteiger partial charge in [-0.25, -0.2) is 4.98 Å². The summed E-state index contributed by atoms with van der Waals surface area (Å²) in [5, 5.41) is 7.11. The lowest BCUT2D eigenvalue weighted by Gasteiger charge is -2.31. The zero-order chi connectivity index (χ0) is 18.5. The van der Waals surface area contributed by atoms with Gasteiger partial charge in [0.2, 0.25) is 5.95 Å². The summed E-state index contributed by atoms with van der Waals surface area (Å²) in [5.41, 5.74) is 2.40. The van der Waals surface area contributed by atoms with Crippen LogP contribution in [0.3, 0.4) is 0 Å². The van der Waals surface area contributed by atoms with Gasteiger partial charge in [0.1, 0.15) is 11.0 Å². The Morgan fingerprint density at radius 1 is 1.23 bits per heavy atom. The Morgan fingerprint density at radius 3 is 2.62 bits per heavy atom. The molecule has 1 aromatic heterocycles. The lowest BCUT2D eigenvalue weighted by molar-refractivity contribution is 0.436. The third-order valence-electron chi connectivity index (χ3n) is 4.59. The van der Waals surface area contributed by atoms with Gasteiger partial charge in [-0.2, -0.15) is 4.98 Å². The van der Waals surface area contributed by atoms with Crippen LogP contribution < -0.4 is 15.5 Å². The molecule has 0 unspecified atom stereocenters. The van der Waals surface area contributed by atoms with E-state index in [1.165, 1.54) is 18.4 Å². The first-order valence-electron chi connectivity index (χ1n) is 8.89. The fourth-order valence-corrected chi connectivity index (χ4v) is 3.24. The van der Waals surface area contributed by atoms with E-state index in [2.05, 4.69) is 63.6 Å². The lowest BCUT2D eigenvalue weighted by atomic mass is 9.99. The van der Waals surface area contributed by atoms with Gasteiger partial charge in [-0.1, -0.05) is 48.4 Å². The van der Waals surface area contributed by atoms with Crippen molar-refractivity contribution in [1.29, 1.82) is 0 Å². The van der Waals surface area contributed by atoms with Crippen molar-refractivity contribution in [2.24, 2.45) is 5.92 Å². The van der Waals surface area contributed by atoms with E-state index >= 15 is 0 Å².